The van der Waals surface area contributed by atoms with Crippen LogP contribution >= 0.6 is 0 Å². The van der Waals surface area contributed by atoms with Crippen LogP contribution < -0.4 is 0 Å². The molecule has 0 nitrogen and oxygen atoms in total. The average Bonchev–Trinajstić information content (AvgIpc) is 2.07. The molecule has 1 aliphatic rings. The van der Waals surface area contributed by atoms with E-state index in [4.69, 9.17) is 0 Å². The molecule has 53 valence electrons. The molecule has 0 bridgehead atoms. The van der Waals surface area contributed by atoms with E-state index in [0.29, 0.717) is 0 Å². The maximum atomic E-state index is 11.9. The van der Waals surface area contributed by atoms with Gasteiger partial charge < -0.3 is 0 Å². The zero-order valence-corrected chi connectivity index (χ0v) is 5.91. The van der Waals surface area contributed by atoms with Gasteiger partial charge in [0.2, 0.25) is 6.43 Å². The Kier molecular flexibility index (Phi) is 1.30. The van der Waals surface area contributed by atoms with Crippen LogP contribution in [0, 0.1) is 17.3 Å². The van der Waals surface area contributed by atoms with Gasteiger partial charge in [0.1, 0.15) is 0 Å². The summed E-state index contributed by atoms with van der Waals surface area (Å²) in [5.74, 6) is 0.509. The van der Waals surface area contributed by atoms with E-state index in [1.54, 1.807) is 6.92 Å². The third-order valence-electron chi connectivity index (χ3n) is 2.43. The first kappa shape index (κ1) is 6.97. The fourth-order valence-corrected chi connectivity index (χ4v) is 1.31. The van der Waals surface area contributed by atoms with Gasteiger partial charge >= 0.3 is 0 Å². The van der Waals surface area contributed by atoms with Crippen LogP contribution in [0.2, 0.25) is 0 Å². The average molecular weight is 133 g/mol. The molecule has 9 heavy (non-hydrogen) atoms. The summed E-state index contributed by atoms with van der Waals surface area (Å²) in [7, 11) is 0. The molecule has 1 rings (SSSR count). The van der Waals surface area contributed by atoms with E-state index in [9.17, 15) is 8.78 Å². The molecule has 0 aromatic heterocycles. The molecule has 1 saturated carbocycles. The number of hydrogen-bond donors (Lipinski definition) is 0. The minimum absolute atomic E-state index is 0.186. The molecule has 1 atom stereocenters. The molecule has 1 aliphatic carbocycles. The van der Waals surface area contributed by atoms with Gasteiger partial charge in [-0.3, -0.25) is 0 Å². The van der Waals surface area contributed by atoms with E-state index in [1.165, 1.54) is 0 Å². The van der Waals surface area contributed by atoms with Gasteiger partial charge in [0.25, 0.3) is 0 Å². The minimum atomic E-state index is -2.15. The Morgan fingerprint density at radius 3 is 1.78 bits per heavy atom. The van der Waals surface area contributed by atoms with Crippen molar-refractivity contribution in [3.63, 3.8) is 0 Å². The van der Waals surface area contributed by atoms with E-state index < -0.39 is 12.3 Å². The third-order valence-corrected chi connectivity index (χ3v) is 2.43. The Bertz CT molecular complexity index is 118. The summed E-state index contributed by atoms with van der Waals surface area (Å²) in [6.07, 6.45) is -2.15. The second kappa shape index (κ2) is 1.68. The van der Waals surface area contributed by atoms with Crippen molar-refractivity contribution in [3.05, 3.63) is 5.92 Å². The number of rotatable bonds is 1. The molecule has 1 fully saturated rings. The second-order valence-corrected chi connectivity index (χ2v) is 3.22. The fraction of sp³-hybridized carbons (Fsp3) is 0.857. The third kappa shape index (κ3) is 0.846. The molecule has 0 amide bonds. The van der Waals surface area contributed by atoms with Crippen molar-refractivity contribution in [2.75, 3.05) is 0 Å². The van der Waals surface area contributed by atoms with Crippen molar-refractivity contribution in [1.82, 2.24) is 0 Å². The SMILES string of the molecule is C[C]1C(C(F)F)C1(C)C. The maximum absolute atomic E-state index is 11.9. The molecular weight excluding hydrogens is 122 g/mol. The lowest BCUT2D eigenvalue weighted by Gasteiger charge is -1.98. The second-order valence-electron chi connectivity index (χ2n) is 3.22. The number of alkyl halides is 2. The zero-order valence-electron chi connectivity index (χ0n) is 5.91. The first-order valence-corrected chi connectivity index (χ1v) is 3.10. The smallest absolute Gasteiger partial charge is 0.210 e. The van der Waals surface area contributed by atoms with Crippen molar-refractivity contribution in [2.45, 2.75) is 27.2 Å². The molecule has 0 N–H and O–H groups in total. The van der Waals surface area contributed by atoms with Crippen LogP contribution in [0.5, 0.6) is 0 Å². The first-order chi connectivity index (χ1) is 3.98. The van der Waals surface area contributed by atoms with Crippen molar-refractivity contribution in [1.29, 1.82) is 0 Å². The van der Waals surface area contributed by atoms with Gasteiger partial charge in [-0.1, -0.05) is 20.8 Å². The molecule has 0 aromatic rings. The lowest BCUT2D eigenvalue weighted by Crippen LogP contribution is -1.99. The first-order valence-electron chi connectivity index (χ1n) is 3.10. The summed E-state index contributed by atoms with van der Waals surface area (Å²) in [5.41, 5.74) is -0.186. The van der Waals surface area contributed by atoms with E-state index in [-0.39, 0.29) is 5.41 Å². The molecule has 2 heteroatoms. The predicted molar refractivity (Wildman–Crippen MR) is 32.2 cm³/mol. The Hall–Kier alpha value is -0.140. The van der Waals surface area contributed by atoms with Crippen molar-refractivity contribution < 1.29 is 8.78 Å². The molecule has 1 radical (unpaired) electrons. The van der Waals surface area contributed by atoms with Gasteiger partial charge in [0, 0.05) is 5.92 Å². The lowest BCUT2D eigenvalue weighted by molar-refractivity contribution is 0.109. The predicted octanol–water partition coefficient (Wildman–Crippen LogP) is 2.50. The Balaban J connectivity index is 2.52. The highest BCUT2D eigenvalue weighted by atomic mass is 19.3. The summed E-state index contributed by atoms with van der Waals surface area (Å²) < 4.78 is 23.9. The van der Waals surface area contributed by atoms with Crippen LogP contribution in [0.15, 0.2) is 0 Å². The summed E-state index contributed by atoms with van der Waals surface area (Å²) >= 11 is 0. The van der Waals surface area contributed by atoms with Gasteiger partial charge in [-0.05, 0) is 11.3 Å². The monoisotopic (exact) mass is 133 g/mol. The van der Waals surface area contributed by atoms with Gasteiger partial charge in [-0.2, -0.15) is 0 Å². The van der Waals surface area contributed by atoms with Crippen LogP contribution in [0.25, 0.3) is 0 Å². The maximum Gasteiger partial charge on any atom is 0.242 e. The molecule has 1 unspecified atom stereocenters. The van der Waals surface area contributed by atoms with E-state index in [0.717, 1.165) is 5.92 Å². The van der Waals surface area contributed by atoms with Crippen LogP contribution in [0.3, 0.4) is 0 Å². The molecule has 0 spiro atoms. The minimum Gasteiger partial charge on any atom is -0.210 e. The van der Waals surface area contributed by atoms with E-state index in [2.05, 4.69) is 0 Å². The highest BCUT2D eigenvalue weighted by Gasteiger charge is 2.59. The fourth-order valence-electron chi connectivity index (χ4n) is 1.31. The highest BCUT2D eigenvalue weighted by Crippen LogP contribution is 2.62. The Labute approximate surface area is 54.3 Å². The van der Waals surface area contributed by atoms with Crippen molar-refractivity contribution in [2.24, 2.45) is 11.3 Å². The van der Waals surface area contributed by atoms with Gasteiger partial charge in [0.15, 0.2) is 0 Å². The standard InChI is InChI=1S/C7H11F2/c1-4-5(6(8)9)7(4,2)3/h5-6H,1-3H3. The van der Waals surface area contributed by atoms with Crippen LogP contribution in [-0.2, 0) is 0 Å². The van der Waals surface area contributed by atoms with Crippen LogP contribution in [0.1, 0.15) is 20.8 Å². The lowest BCUT2D eigenvalue weighted by atomic mass is 10.1. The molecule has 0 aromatic carbocycles. The number of hydrogen-bond acceptors (Lipinski definition) is 0. The summed E-state index contributed by atoms with van der Waals surface area (Å²) in [4.78, 5) is 0. The molecule has 0 heterocycles. The van der Waals surface area contributed by atoms with Gasteiger partial charge in [0.05, 0.1) is 0 Å². The number of halogens is 2. The summed E-state index contributed by atoms with van der Waals surface area (Å²) in [6, 6.07) is 0. The Morgan fingerprint density at radius 2 is 1.78 bits per heavy atom. The highest BCUT2D eigenvalue weighted by molar-refractivity contribution is 5.26. The molecular formula is C7H11F2. The van der Waals surface area contributed by atoms with Crippen molar-refractivity contribution >= 4 is 0 Å². The quantitative estimate of drug-likeness (QED) is 0.515. The summed E-state index contributed by atoms with van der Waals surface area (Å²) in [6.45, 7) is 5.52. The normalized spacial score (nSPS) is 33.3. The topological polar surface area (TPSA) is 0 Å². The van der Waals surface area contributed by atoms with E-state index >= 15 is 0 Å². The van der Waals surface area contributed by atoms with Crippen molar-refractivity contribution in [3.8, 4) is 0 Å². The molecule has 0 aliphatic heterocycles. The Morgan fingerprint density at radius 1 is 1.44 bits per heavy atom. The van der Waals surface area contributed by atoms with Gasteiger partial charge in [-0.25, -0.2) is 8.78 Å². The molecule has 0 saturated heterocycles. The van der Waals surface area contributed by atoms with Crippen LogP contribution in [0.4, 0.5) is 8.78 Å². The zero-order chi connectivity index (χ0) is 7.23. The van der Waals surface area contributed by atoms with E-state index in [1.807, 2.05) is 13.8 Å². The summed E-state index contributed by atoms with van der Waals surface area (Å²) in [5, 5.41) is 0. The van der Waals surface area contributed by atoms with Crippen LogP contribution in [-0.4, -0.2) is 6.43 Å². The largest absolute Gasteiger partial charge is 0.242 e. The van der Waals surface area contributed by atoms with Gasteiger partial charge in [-0.15, -0.1) is 0 Å².